The molecule has 3 aromatic rings. The molecule has 4 aliphatic rings. The van der Waals surface area contributed by atoms with Gasteiger partial charge in [-0.15, -0.1) is 0 Å². The van der Waals surface area contributed by atoms with E-state index in [1.54, 1.807) is 6.20 Å². The number of carbonyl (C=O) groups excluding carboxylic acids is 1. The molecule has 0 unspecified atom stereocenters. The molecule has 35 heavy (non-hydrogen) atoms. The molecule has 2 bridgehead atoms. The molecule has 182 valence electrons. The first-order chi connectivity index (χ1) is 16.6. The van der Waals surface area contributed by atoms with Crippen molar-refractivity contribution in [2.24, 2.45) is 0 Å². The Kier molecular flexibility index (Phi) is 4.61. The van der Waals surface area contributed by atoms with Crippen molar-refractivity contribution in [1.82, 2.24) is 20.1 Å². The number of benzene rings is 1. The number of alkyl halides is 3. The predicted molar refractivity (Wildman–Crippen MR) is 118 cm³/mol. The molecule has 0 saturated heterocycles. The minimum absolute atomic E-state index is 0.0471. The Morgan fingerprint density at radius 3 is 2.66 bits per heavy atom. The molecular weight excluding hydrogens is 461 g/mol. The fraction of sp³-hybridized carbons (Fsp3) is 0.400. The fourth-order valence-corrected chi connectivity index (χ4v) is 5.59. The fourth-order valence-electron chi connectivity index (χ4n) is 5.59. The minimum atomic E-state index is -4.52. The van der Waals surface area contributed by atoms with E-state index in [2.05, 4.69) is 15.4 Å². The van der Waals surface area contributed by atoms with Crippen molar-refractivity contribution in [3.05, 3.63) is 65.6 Å². The van der Waals surface area contributed by atoms with Crippen LogP contribution in [-0.4, -0.2) is 37.4 Å². The second-order valence-corrected chi connectivity index (χ2v) is 10.0. The highest BCUT2D eigenvalue weighted by Crippen LogP contribution is 2.65. The quantitative estimate of drug-likeness (QED) is 0.586. The number of aliphatic hydroxyl groups excluding tert-OH is 1. The lowest BCUT2D eigenvalue weighted by molar-refractivity contribution is -0.165. The van der Waals surface area contributed by atoms with Gasteiger partial charge in [0.15, 0.2) is 6.10 Å². The molecule has 2 atom stereocenters. The lowest BCUT2D eigenvalue weighted by Gasteiger charge is -2.70. The number of hydrogen-bond donors (Lipinski definition) is 2. The summed E-state index contributed by atoms with van der Waals surface area (Å²) in [6.07, 6.45) is 0.979. The number of halogens is 3. The van der Waals surface area contributed by atoms with Gasteiger partial charge >= 0.3 is 6.18 Å². The smallest absolute Gasteiger partial charge is 0.416 e. The van der Waals surface area contributed by atoms with Gasteiger partial charge in [0.2, 0.25) is 0 Å². The highest BCUT2D eigenvalue weighted by atomic mass is 19.4. The molecule has 3 fully saturated rings. The van der Waals surface area contributed by atoms with Crippen molar-refractivity contribution in [2.75, 3.05) is 0 Å². The van der Waals surface area contributed by atoms with E-state index in [4.69, 9.17) is 4.74 Å². The first kappa shape index (κ1) is 22.1. The van der Waals surface area contributed by atoms with Crippen molar-refractivity contribution >= 4 is 5.91 Å². The zero-order valence-electron chi connectivity index (χ0n) is 18.8. The Bertz CT molecular complexity index is 1300. The van der Waals surface area contributed by atoms with Crippen LogP contribution in [0.3, 0.4) is 0 Å². The van der Waals surface area contributed by atoms with E-state index in [1.165, 1.54) is 0 Å². The van der Waals surface area contributed by atoms with Gasteiger partial charge in [0.05, 0.1) is 29.1 Å². The van der Waals surface area contributed by atoms with E-state index in [-0.39, 0.29) is 34.7 Å². The summed E-state index contributed by atoms with van der Waals surface area (Å²) in [7, 11) is 0. The van der Waals surface area contributed by atoms with E-state index in [0.717, 1.165) is 54.3 Å². The highest BCUT2D eigenvalue weighted by molar-refractivity contribution is 5.83. The van der Waals surface area contributed by atoms with E-state index < -0.39 is 23.9 Å². The number of hydrogen-bond acceptors (Lipinski definition) is 5. The minimum Gasteiger partial charge on any atom is -0.480 e. The summed E-state index contributed by atoms with van der Waals surface area (Å²) in [6, 6.07) is 6.89. The number of pyridine rings is 1. The molecule has 3 heterocycles. The summed E-state index contributed by atoms with van der Waals surface area (Å²) in [5.74, 6) is -0.271. The first-order valence-corrected chi connectivity index (χ1v) is 11.4. The van der Waals surface area contributed by atoms with E-state index in [0.29, 0.717) is 0 Å². The third kappa shape index (κ3) is 3.58. The topological polar surface area (TPSA) is 89.3 Å². The summed E-state index contributed by atoms with van der Waals surface area (Å²) < 4.78 is 46.6. The number of aromatic nitrogens is 3. The summed E-state index contributed by atoms with van der Waals surface area (Å²) in [4.78, 5) is 17.4. The molecule has 7 rings (SSSR count). The average molecular weight is 484 g/mol. The Labute approximate surface area is 198 Å². The number of ether oxygens (including phenoxy) is 1. The molecule has 1 aliphatic heterocycles. The van der Waals surface area contributed by atoms with Crippen molar-refractivity contribution in [2.45, 2.75) is 62.1 Å². The molecule has 2 aromatic heterocycles. The maximum Gasteiger partial charge on any atom is 0.416 e. The monoisotopic (exact) mass is 484 g/mol. The third-order valence-electron chi connectivity index (χ3n) is 7.36. The van der Waals surface area contributed by atoms with Gasteiger partial charge in [0.1, 0.15) is 5.75 Å². The second kappa shape index (κ2) is 7.30. The van der Waals surface area contributed by atoms with Gasteiger partial charge in [0.25, 0.3) is 5.91 Å². The van der Waals surface area contributed by atoms with Crippen LogP contribution in [0, 0.1) is 6.92 Å². The van der Waals surface area contributed by atoms with Gasteiger partial charge in [-0.1, -0.05) is 6.07 Å². The SMILES string of the molecule is Cc1ccc(-c2cnn(C34CC(NC(=O)[C@H]5C[C@@H](O)c6cc(C(F)(F)F)ccc6O5)(C3)C4)c2)nc1. The van der Waals surface area contributed by atoms with Crippen molar-refractivity contribution < 1.29 is 27.8 Å². The van der Waals surface area contributed by atoms with Crippen molar-refractivity contribution in [3.63, 3.8) is 0 Å². The van der Waals surface area contributed by atoms with Gasteiger partial charge in [-0.2, -0.15) is 18.3 Å². The standard InChI is InChI=1S/C25H23F3N4O3/c1-14-2-4-18(29-8-14)15-9-30-32(10-15)24-11-23(12-24,13-24)31-22(34)21-7-19(33)17-6-16(25(26,27)28)3-5-20(17)35-21/h2-6,8-10,19,21,33H,7,11-13H2,1H3,(H,31,34)/t19-,21-,23?,24?/m1/s1. The summed E-state index contributed by atoms with van der Waals surface area (Å²) in [5.41, 5.74) is 1.58. The zero-order valence-corrected chi connectivity index (χ0v) is 18.8. The number of aryl methyl sites for hydroxylation is 1. The van der Waals surface area contributed by atoms with Gasteiger partial charge in [0, 0.05) is 35.5 Å². The van der Waals surface area contributed by atoms with Gasteiger partial charge in [-0.05, 0) is 56.0 Å². The Morgan fingerprint density at radius 1 is 1.20 bits per heavy atom. The molecule has 3 saturated carbocycles. The average Bonchev–Trinajstić information content (AvgIpc) is 3.24. The van der Waals surface area contributed by atoms with E-state index >= 15 is 0 Å². The molecule has 10 heteroatoms. The second-order valence-electron chi connectivity index (χ2n) is 10.0. The highest BCUT2D eigenvalue weighted by Gasteiger charge is 2.70. The number of amides is 1. The predicted octanol–water partition coefficient (Wildman–Crippen LogP) is 3.90. The van der Waals surface area contributed by atoms with Crippen LogP contribution < -0.4 is 10.1 Å². The van der Waals surface area contributed by atoms with Gasteiger partial charge in [-0.3, -0.25) is 14.5 Å². The number of fused-ring (bicyclic) bond motifs is 1. The van der Waals surface area contributed by atoms with Gasteiger partial charge in [-0.25, -0.2) is 0 Å². The lowest BCUT2D eigenvalue weighted by atomic mass is 9.44. The maximum absolute atomic E-state index is 13.0. The summed E-state index contributed by atoms with van der Waals surface area (Å²) in [5, 5.41) is 18.0. The Hall–Kier alpha value is -3.40. The number of nitrogens with zero attached hydrogens (tertiary/aromatic N) is 3. The number of carbonyl (C=O) groups is 1. The molecule has 2 N–H and O–H groups in total. The van der Waals surface area contributed by atoms with Crippen LogP contribution in [0.15, 0.2) is 48.9 Å². The van der Waals surface area contributed by atoms with Crippen LogP contribution in [0.1, 0.15) is 48.5 Å². The van der Waals surface area contributed by atoms with E-state index in [1.807, 2.05) is 36.1 Å². The molecule has 0 spiro atoms. The van der Waals surface area contributed by atoms with E-state index in [9.17, 15) is 23.1 Å². The van der Waals surface area contributed by atoms with Crippen LogP contribution in [-0.2, 0) is 16.5 Å². The summed E-state index contributed by atoms with van der Waals surface area (Å²) in [6.45, 7) is 1.98. The van der Waals surface area contributed by atoms with Crippen LogP contribution in [0.2, 0.25) is 0 Å². The van der Waals surface area contributed by atoms with Crippen LogP contribution in [0.25, 0.3) is 11.3 Å². The van der Waals surface area contributed by atoms with Crippen molar-refractivity contribution in [3.8, 4) is 17.0 Å². The largest absolute Gasteiger partial charge is 0.480 e. The molecule has 0 radical (unpaired) electrons. The summed E-state index contributed by atoms with van der Waals surface area (Å²) >= 11 is 0. The molecule has 7 nitrogen and oxygen atoms in total. The lowest BCUT2D eigenvalue weighted by Crippen LogP contribution is -2.79. The Balaban J connectivity index is 1.10. The zero-order chi connectivity index (χ0) is 24.6. The van der Waals surface area contributed by atoms with Crippen LogP contribution in [0.5, 0.6) is 5.75 Å². The normalized spacial score (nSPS) is 28.8. The number of aliphatic hydroxyl groups is 1. The molecule has 1 amide bonds. The maximum atomic E-state index is 13.0. The first-order valence-electron chi connectivity index (χ1n) is 11.4. The van der Waals surface area contributed by atoms with Gasteiger partial charge < -0.3 is 15.2 Å². The molecular formula is C25H23F3N4O3. The van der Waals surface area contributed by atoms with Crippen molar-refractivity contribution in [1.29, 1.82) is 0 Å². The molecule has 1 aromatic carbocycles. The third-order valence-corrected chi connectivity index (χ3v) is 7.36. The number of nitrogens with one attached hydrogen (secondary N) is 1. The Morgan fingerprint density at radius 2 is 1.97 bits per heavy atom. The van der Waals surface area contributed by atoms with Crippen LogP contribution >= 0.6 is 0 Å². The molecule has 3 aliphatic carbocycles. The number of rotatable bonds is 4. The van der Waals surface area contributed by atoms with Crippen LogP contribution in [0.4, 0.5) is 13.2 Å².